The molecule has 0 aliphatic carbocycles. The molecule has 3 aromatic carbocycles. The fourth-order valence-corrected chi connectivity index (χ4v) is 4.08. The number of aryl methyl sites for hydroxylation is 1. The zero-order valence-electron chi connectivity index (χ0n) is 18.3. The zero-order chi connectivity index (χ0) is 22.9. The van der Waals surface area contributed by atoms with Gasteiger partial charge in [0, 0.05) is 40.3 Å². The predicted octanol–water partition coefficient (Wildman–Crippen LogP) is 6.52. The highest BCUT2D eigenvalue weighted by molar-refractivity contribution is 6.30. The minimum atomic E-state index is -0.144. The van der Waals surface area contributed by atoms with E-state index in [4.69, 9.17) is 25.8 Å². The van der Waals surface area contributed by atoms with Gasteiger partial charge in [0.05, 0.1) is 12.7 Å². The summed E-state index contributed by atoms with van der Waals surface area (Å²) in [6.45, 7) is 3.29. The van der Waals surface area contributed by atoms with E-state index in [-0.39, 0.29) is 11.5 Å². The molecule has 0 fully saturated rings. The van der Waals surface area contributed by atoms with Crippen LogP contribution in [0.25, 0.3) is 17.0 Å². The van der Waals surface area contributed by atoms with Crippen molar-refractivity contribution in [3.8, 4) is 17.2 Å². The number of hydrogen-bond acceptors (Lipinski definition) is 4. The van der Waals surface area contributed by atoms with Gasteiger partial charge < -0.3 is 18.8 Å². The van der Waals surface area contributed by atoms with Crippen LogP contribution < -0.4 is 14.2 Å². The van der Waals surface area contributed by atoms with Crippen LogP contribution in [-0.2, 0) is 13.2 Å². The lowest BCUT2D eigenvalue weighted by Crippen LogP contribution is -1.98. The Balaban J connectivity index is 1.41. The first kappa shape index (κ1) is 21.2. The number of benzene rings is 3. The van der Waals surface area contributed by atoms with E-state index in [1.165, 1.54) is 0 Å². The third-order valence-electron chi connectivity index (χ3n) is 5.71. The molecule has 0 bridgehead atoms. The van der Waals surface area contributed by atoms with Crippen LogP contribution >= 0.6 is 11.6 Å². The second-order valence-corrected chi connectivity index (χ2v) is 8.20. The number of methoxy groups -OCH3 is 1. The van der Waals surface area contributed by atoms with Gasteiger partial charge in [-0.25, -0.2) is 0 Å². The molecule has 0 unspecified atom stereocenters. The molecule has 1 aromatic heterocycles. The lowest BCUT2D eigenvalue weighted by molar-refractivity contribution is 0.101. The highest BCUT2D eigenvalue weighted by Crippen LogP contribution is 2.36. The third kappa shape index (κ3) is 4.08. The van der Waals surface area contributed by atoms with Crippen molar-refractivity contribution >= 4 is 34.4 Å². The second-order valence-electron chi connectivity index (χ2n) is 7.77. The molecule has 166 valence electrons. The minimum Gasteiger partial charge on any atom is -0.497 e. The first-order chi connectivity index (χ1) is 16.1. The maximum atomic E-state index is 13.0. The Morgan fingerprint density at radius 3 is 2.58 bits per heavy atom. The Kier molecular flexibility index (Phi) is 5.56. The molecule has 5 nitrogen and oxygen atoms in total. The van der Waals surface area contributed by atoms with Crippen molar-refractivity contribution < 1.29 is 19.0 Å². The average molecular weight is 460 g/mol. The number of Topliss-reactive ketones (excluding diaryl/α,β-unsaturated/α-hetero) is 1. The Morgan fingerprint density at radius 2 is 1.82 bits per heavy atom. The zero-order valence-corrected chi connectivity index (χ0v) is 19.1. The topological polar surface area (TPSA) is 49.7 Å². The summed E-state index contributed by atoms with van der Waals surface area (Å²) in [5, 5.41) is 1.69. The third-order valence-corrected chi connectivity index (χ3v) is 5.96. The summed E-state index contributed by atoms with van der Waals surface area (Å²) in [6, 6.07) is 18.7. The van der Waals surface area contributed by atoms with E-state index in [9.17, 15) is 4.79 Å². The maximum absolute atomic E-state index is 13.0. The SMILES string of the molecule is CCn1cc(/C=C2\Oc3cc(OCc4ccc(Cl)cc4)ccc3C2=O)c2cc(OC)ccc21. The number of ether oxygens (including phenoxy) is 3. The minimum absolute atomic E-state index is 0.144. The molecule has 0 atom stereocenters. The Bertz CT molecular complexity index is 1390. The molecule has 0 radical (unpaired) electrons. The van der Waals surface area contributed by atoms with E-state index < -0.39 is 0 Å². The molecular formula is C27H22ClNO4. The molecule has 33 heavy (non-hydrogen) atoms. The average Bonchev–Trinajstić information content (AvgIpc) is 3.35. The number of carbonyl (C=O) groups is 1. The fourth-order valence-electron chi connectivity index (χ4n) is 3.95. The molecule has 2 heterocycles. The van der Waals surface area contributed by atoms with Gasteiger partial charge in [0.15, 0.2) is 5.76 Å². The second kappa shape index (κ2) is 8.68. The van der Waals surface area contributed by atoms with E-state index in [0.717, 1.165) is 34.3 Å². The van der Waals surface area contributed by atoms with Gasteiger partial charge in [-0.1, -0.05) is 23.7 Å². The molecule has 0 N–H and O–H groups in total. The quantitative estimate of drug-likeness (QED) is 0.308. The van der Waals surface area contributed by atoms with Crippen molar-refractivity contribution in [1.82, 2.24) is 4.57 Å². The Hall–Kier alpha value is -3.70. The van der Waals surface area contributed by atoms with Crippen LogP contribution in [0.4, 0.5) is 0 Å². The number of hydrogen-bond donors (Lipinski definition) is 0. The molecule has 1 aliphatic rings. The number of allylic oxidation sites excluding steroid dienone is 1. The van der Waals surface area contributed by atoms with Crippen LogP contribution in [0, 0.1) is 0 Å². The number of aromatic nitrogens is 1. The molecular weight excluding hydrogens is 438 g/mol. The van der Waals surface area contributed by atoms with Crippen molar-refractivity contribution in [2.75, 3.05) is 7.11 Å². The van der Waals surface area contributed by atoms with Crippen molar-refractivity contribution in [2.45, 2.75) is 20.1 Å². The van der Waals surface area contributed by atoms with Gasteiger partial charge >= 0.3 is 0 Å². The lowest BCUT2D eigenvalue weighted by atomic mass is 10.1. The number of fused-ring (bicyclic) bond motifs is 2. The van der Waals surface area contributed by atoms with E-state index >= 15 is 0 Å². The van der Waals surface area contributed by atoms with Gasteiger partial charge in [0.1, 0.15) is 23.9 Å². The van der Waals surface area contributed by atoms with E-state index in [2.05, 4.69) is 11.5 Å². The molecule has 5 rings (SSSR count). The molecule has 1 aliphatic heterocycles. The van der Waals surface area contributed by atoms with E-state index in [1.54, 1.807) is 31.4 Å². The highest BCUT2D eigenvalue weighted by Gasteiger charge is 2.28. The molecule has 0 saturated carbocycles. The van der Waals surface area contributed by atoms with Gasteiger partial charge in [-0.05, 0) is 61.0 Å². The number of rotatable bonds is 6. The molecule has 0 saturated heterocycles. The van der Waals surface area contributed by atoms with Crippen molar-refractivity contribution in [2.24, 2.45) is 0 Å². The van der Waals surface area contributed by atoms with Crippen LogP contribution in [0.1, 0.15) is 28.4 Å². The number of ketones is 1. The van der Waals surface area contributed by atoms with Crippen molar-refractivity contribution in [1.29, 1.82) is 0 Å². The van der Waals surface area contributed by atoms with Gasteiger partial charge in [0.2, 0.25) is 5.78 Å². The van der Waals surface area contributed by atoms with Crippen LogP contribution in [0.3, 0.4) is 0 Å². The summed E-state index contributed by atoms with van der Waals surface area (Å²) >= 11 is 5.93. The van der Waals surface area contributed by atoms with Gasteiger partial charge in [-0.15, -0.1) is 0 Å². The van der Waals surface area contributed by atoms with E-state index in [0.29, 0.717) is 28.7 Å². The number of nitrogens with zero attached hydrogens (tertiary/aromatic N) is 1. The number of halogens is 1. The first-order valence-electron chi connectivity index (χ1n) is 10.7. The monoisotopic (exact) mass is 459 g/mol. The van der Waals surface area contributed by atoms with Gasteiger partial charge in [0.25, 0.3) is 0 Å². The standard InChI is InChI=1S/C27H22ClNO4/c1-3-29-15-18(23-13-20(31-2)9-11-24(23)29)12-26-27(30)22-10-8-21(14-25(22)33-26)32-16-17-4-6-19(28)7-5-17/h4-15H,3,16H2,1-2H3/b26-12-. The lowest BCUT2D eigenvalue weighted by Gasteiger charge is -2.07. The Labute approximate surface area is 196 Å². The molecule has 0 spiro atoms. The maximum Gasteiger partial charge on any atom is 0.231 e. The van der Waals surface area contributed by atoms with Crippen LogP contribution in [0.2, 0.25) is 5.02 Å². The van der Waals surface area contributed by atoms with Crippen LogP contribution in [-0.4, -0.2) is 17.5 Å². The number of carbonyl (C=O) groups excluding carboxylic acids is 1. The summed E-state index contributed by atoms with van der Waals surface area (Å²) in [4.78, 5) is 13.0. The highest BCUT2D eigenvalue weighted by atomic mass is 35.5. The van der Waals surface area contributed by atoms with Crippen LogP contribution in [0.15, 0.2) is 72.6 Å². The van der Waals surface area contributed by atoms with Gasteiger partial charge in [-0.2, -0.15) is 0 Å². The summed E-state index contributed by atoms with van der Waals surface area (Å²) in [5.41, 5.74) is 3.50. The first-order valence-corrected chi connectivity index (χ1v) is 11.1. The summed E-state index contributed by atoms with van der Waals surface area (Å²) < 4.78 is 19.4. The molecule has 4 aromatic rings. The van der Waals surface area contributed by atoms with Gasteiger partial charge in [-0.3, -0.25) is 4.79 Å². The summed E-state index contributed by atoms with van der Waals surface area (Å²) in [7, 11) is 1.64. The van der Waals surface area contributed by atoms with E-state index in [1.807, 2.05) is 48.7 Å². The summed E-state index contributed by atoms with van der Waals surface area (Å²) in [5.74, 6) is 2.04. The molecule has 0 amide bonds. The smallest absolute Gasteiger partial charge is 0.231 e. The Morgan fingerprint density at radius 1 is 1.03 bits per heavy atom. The van der Waals surface area contributed by atoms with Crippen LogP contribution in [0.5, 0.6) is 17.2 Å². The largest absolute Gasteiger partial charge is 0.497 e. The van der Waals surface area contributed by atoms with Crippen molar-refractivity contribution in [3.63, 3.8) is 0 Å². The summed E-state index contributed by atoms with van der Waals surface area (Å²) in [6.07, 6.45) is 3.82. The normalized spacial score (nSPS) is 13.9. The predicted molar refractivity (Wildman–Crippen MR) is 129 cm³/mol. The molecule has 6 heteroatoms. The fraction of sp³-hybridized carbons (Fsp3) is 0.148. The van der Waals surface area contributed by atoms with Crippen molar-refractivity contribution in [3.05, 3.63) is 94.3 Å².